The number of ether oxygens (including phenoxy) is 1. The average molecular weight is 217 g/mol. The number of hydrogen-bond acceptors (Lipinski definition) is 4. The summed E-state index contributed by atoms with van der Waals surface area (Å²) in [6, 6.07) is 0. The molecule has 0 heterocycles. The number of aliphatic hydroxyl groups excluding tert-OH is 1. The topological polar surface area (TPSA) is 58.6 Å². The van der Waals surface area contributed by atoms with Gasteiger partial charge < -0.3 is 15.2 Å². The van der Waals surface area contributed by atoms with Crippen LogP contribution in [0.2, 0.25) is 0 Å². The molecule has 0 radical (unpaired) electrons. The van der Waals surface area contributed by atoms with Gasteiger partial charge in [-0.25, -0.2) is 0 Å². The fourth-order valence-corrected chi connectivity index (χ4v) is 1.04. The van der Waals surface area contributed by atoms with E-state index in [1.807, 2.05) is 27.7 Å². The maximum Gasteiger partial charge on any atom is 0.320 e. The lowest BCUT2D eigenvalue weighted by molar-refractivity contribution is -0.153. The van der Waals surface area contributed by atoms with Crippen molar-refractivity contribution in [2.45, 2.75) is 52.2 Å². The van der Waals surface area contributed by atoms with Crippen LogP contribution in [0.3, 0.4) is 0 Å². The third-order valence-corrected chi connectivity index (χ3v) is 1.81. The molecule has 0 amide bonds. The van der Waals surface area contributed by atoms with E-state index in [4.69, 9.17) is 4.74 Å². The molecule has 1 atom stereocenters. The van der Waals surface area contributed by atoms with Crippen LogP contribution < -0.4 is 5.32 Å². The van der Waals surface area contributed by atoms with Crippen molar-refractivity contribution in [2.24, 2.45) is 0 Å². The van der Waals surface area contributed by atoms with Gasteiger partial charge in [-0.1, -0.05) is 6.92 Å². The number of rotatable bonds is 6. The van der Waals surface area contributed by atoms with Gasteiger partial charge in [0.15, 0.2) is 0 Å². The van der Waals surface area contributed by atoms with Crippen molar-refractivity contribution in [3.63, 3.8) is 0 Å². The number of hydrogen-bond donors (Lipinski definition) is 2. The number of nitrogens with one attached hydrogen (secondary N) is 1. The van der Waals surface area contributed by atoms with Gasteiger partial charge in [-0.05, 0) is 40.2 Å². The molecule has 1 unspecified atom stereocenters. The van der Waals surface area contributed by atoms with Crippen LogP contribution >= 0.6 is 0 Å². The van der Waals surface area contributed by atoms with Crippen molar-refractivity contribution < 1.29 is 14.6 Å². The van der Waals surface area contributed by atoms with Gasteiger partial charge in [0, 0.05) is 0 Å². The van der Waals surface area contributed by atoms with Gasteiger partial charge in [-0.2, -0.15) is 0 Å². The van der Waals surface area contributed by atoms with Crippen molar-refractivity contribution in [3.05, 3.63) is 0 Å². The van der Waals surface area contributed by atoms with Crippen LogP contribution in [0, 0.1) is 0 Å². The third kappa shape index (κ3) is 9.69. The first-order valence-electron chi connectivity index (χ1n) is 5.45. The van der Waals surface area contributed by atoms with Crippen LogP contribution in [-0.2, 0) is 9.53 Å². The first-order valence-corrected chi connectivity index (χ1v) is 5.45. The average Bonchev–Trinajstić information content (AvgIpc) is 2.09. The third-order valence-electron chi connectivity index (χ3n) is 1.81. The van der Waals surface area contributed by atoms with Crippen molar-refractivity contribution in [1.29, 1.82) is 0 Å². The number of esters is 1. The molecule has 0 aliphatic heterocycles. The molecule has 0 aromatic heterocycles. The molecule has 2 N–H and O–H groups in total. The van der Waals surface area contributed by atoms with Crippen LogP contribution in [0.4, 0.5) is 0 Å². The Kier molecular flexibility index (Phi) is 6.52. The van der Waals surface area contributed by atoms with E-state index in [1.165, 1.54) is 0 Å². The second-order valence-electron chi connectivity index (χ2n) is 4.61. The van der Waals surface area contributed by atoms with E-state index in [9.17, 15) is 9.90 Å². The standard InChI is InChI=1S/C11H23NO3/c1-5-9(13)6-7-12-8-10(14)15-11(2,3)4/h9,12-13H,5-8H2,1-4H3. The molecule has 90 valence electrons. The van der Waals surface area contributed by atoms with Gasteiger partial charge in [0.2, 0.25) is 0 Å². The van der Waals surface area contributed by atoms with Crippen molar-refractivity contribution in [3.8, 4) is 0 Å². The molecule has 0 aliphatic carbocycles. The maximum atomic E-state index is 11.2. The summed E-state index contributed by atoms with van der Waals surface area (Å²) in [6.45, 7) is 8.28. The second kappa shape index (κ2) is 6.80. The van der Waals surface area contributed by atoms with Gasteiger partial charge in [0.05, 0.1) is 12.6 Å². The lowest BCUT2D eigenvalue weighted by Gasteiger charge is -2.19. The molecule has 0 saturated heterocycles. The van der Waals surface area contributed by atoms with Gasteiger partial charge in [-0.3, -0.25) is 4.79 Å². The Morgan fingerprint density at radius 3 is 2.53 bits per heavy atom. The highest BCUT2D eigenvalue weighted by atomic mass is 16.6. The highest BCUT2D eigenvalue weighted by molar-refractivity contribution is 5.72. The molecule has 4 nitrogen and oxygen atoms in total. The monoisotopic (exact) mass is 217 g/mol. The van der Waals surface area contributed by atoms with Crippen LogP contribution in [0.5, 0.6) is 0 Å². The minimum absolute atomic E-state index is 0.202. The van der Waals surface area contributed by atoms with E-state index in [0.717, 1.165) is 6.42 Å². The summed E-state index contributed by atoms with van der Waals surface area (Å²) in [6.07, 6.45) is 1.13. The van der Waals surface area contributed by atoms with Gasteiger partial charge >= 0.3 is 5.97 Å². The Bertz CT molecular complexity index is 187. The Balaban J connectivity index is 3.48. The summed E-state index contributed by atoms with van der Waals surface area (Å²) < 4.78 is 5.11. The van der Waals surface area contributed by atoms with Crippen molar-refractivity contribution in [1.82, 2.24) is 5.32 Å². The van der Waals surface area contributed by atoms with Crippen LogP contribution in [-0.4, -0.2) is 35.9 Å². The zero-order valence-corrected chi connectivity index (χ0v) is 10.2. The zero-order valence-electron chi connectivity index (χ0n) is 10.2. The Morgan fingerprint density at radius 1 is 1.47 bits per heavy atom. The molecule has 0 bridgehead atoms. The van der Waals surface area contributed by atoms with E-state index in [2.05, 4.69) is 5.32 Å². The van der Waals surface area contributed by atoms with Gasteiger partial charge in [-0.15, -0.1) is 0 Å². The van der Waals surface area contributed by atoms with Crippen LogP contribution in [0.1, 0.15) is 40.5 Å². The molecule has 4 heteroatoms. The summed E-state index contributed by atoms with van der Waals surface area (Å²) in [5, 5.41) is 12.2. The van der Waals surface area contributed by atoms with E-state index in [1.54, 1.807) is 0 Å². The fraction of sp³-hybridized carbons (Fsp3) is 0.909. The highest BCUT2D eigenvalue weighted by Crippen LogP contribution is 2.06. The summed E-state index contributed by atoms with van der Waals surface area (Å²) in [5.74, 6) is -0.256. The van der Waals surface area contributed by atoms with Crippen LogP contribution in [0.25, 0.3) is 0 Å². The zero-order chi connectivity index (χ0) is 11.9. The van der Waals surface area contributed by atoms with E-state index in [-0.39, 0.29) is 18.6 Å². The quantitative estimate of drug-likeness (QED) is 0.516. The molecule has 0 saturated carbocycles. The lowest BCUT2D eigenvalue weighted by Crippen LogP contribution is -2.32. The minimum atomic E-state index is -0.429. The lowest BCUT2D eigenvalue weighted by atomic mass is 10.2. The summed E-state index contributed by atoms with van der Waals surface area (Å²) >= 11 is 0. The normalized spacial score (nSPS) is 13.7. The van der Waals surface area contributed by atoms with E-state index >= 15 is 0 Å². The molecule has 0 rings (SSSR count). The molecule has 15 heavy (non-hydrogen) atoms. The smallest absolute Gasteiger partial charge is 0.320 e. The first kappa shape index (κ1) is 14.4. The molecule has 0 aromatic rings. The Hall–Kier alpha value is -0.610. The minimum Gasteiger partial charge on any atom is -0.459 e. The van der Waals surface area contributed by atoms with E-state index < -0.39 is 5.60 Å². The molecule has 0 aliphatic rings. The summed E-state index contributed by atoms with van der Waals surface area (Å²) in [4.78, 5) is 11.2. The molecule has 0 aromatic carbocycles. The van der Waals surface area contributed by atoms with Gasteiger partial charge in [0.25, 0.3) is 0 Å². The number of carbonyl (C=O) groups excluding carboxylic acids is 1. The first-order chi connectivity index (χ1) is 6.85. The molecule has 0 spiro atoms. The maximum absolute atomic E-state index is 11.2. The fourth-order valence-electron chi connectivity index (χ4n) is 1.04. The van der Waals surface area contributed by atoms with Crippen molar-refractivity contribution >= 4 is 5.97 Å². The molecular weight excluding hydrogens is 194 g/mol. The van der Waals surface area contributed by atoms with Gasteiger partial charge in [0.1, 0.15) is 5.60 Å². The number of carbonyl (C=O) groups is 1. The summed E-state index contributed by atoms with van der Waals surface area (Å²) in [7, 11) is 0. The SMILES string of the molecule is CCC(O)CCNCC(=O)OC(C)(C)C. The summed E-state index contributed by atoms with van der Waals surface area (Å²) in [5.41, 5.74) is -0.429. The molecule has 0 fully saturated rings. The Morgan fingerprint density at radius 2 is 2.07 bits per heavy atom. The molecular formula is C11H23NO3. The predicted molar refractivity (Wildman–Crippen MR) is 59.6 cm³/mol. The van der Waals surface area contributed by atoms with Crippen LogP contribution in [0.15, 0.2) is 0 Å². The highest BCUT2D eigenvalue weighted by Gasteiger charge is 2.15. The number of aliphatic hydroxyl groups is 1. The van der Waals surface area contributed by atoms with E-state index in [0.29, 0.717) is 13.0 Å². The predicted octanol–water partition coefficient (Wildman–Crippen LogP) is 1.08. The largest absolute Gasteiger partial charge is 0.459 e. The van der Waals surface area contributed by atoms with Crippen molar-refractivity contribution in [2.75, 3.05) is 13.1 Å². The Labute approximate surface area is 92.0 Å². The second-order valence-corrected chi connectivity index (χ2v) is 4.61.